The summed E-state index contributed by atoms with van der Waals surface area (Å²) in [5.74, 6) is -0.983. The van der Waals surface area contributed by atoms with Gasteiger partial charge in [-0.15, -0.1) is 0 Å². The number of halogens is 2. The zero-order chi connectivity index (χ0) is 24.3. The maximum absolute atomic E-state index is 13.5. The summed E-state index contributed by atoms with van der Waals surface area (Å²) in [6.07, 6.45) is 1.60. The van der Waals surface area contributed by atoms with Gasteiger partial charge in [-0.3, -0.25) is 4.79 Å². The molecule has 0 amide bonds. The Balaban J connectivity index is 1.66. The van der Waals surface area contributed by atoms with Crippen molar-refractivity contribution in [3.8, 4) is 0 Å². The Kier molecular flexibility index (Phi) is 8.45. The van der Waals surface area contributed by atoms with Crippen LogP contribution in [0.3, 0.4) is 0 Å². The molecular formula is C24H30Cl2N2O4S. The molecule has 9 heteroatoms. The zero-order valence-electron chi connectivity index (χ0n) is 19.1. The highest BCUT2D eigenvalue weighted by Crippen LogP contribution is 2.27. The van der Waals surface area contributed by atoms with Gasteiger partial charge in [0.05, 0.1) is 21.4 Å². The largest absolute Gasteiger partial charge is 0.481 e. The van der Waals surface area contributed by atoms with E-state index in [1.54, 1.807) is 29.4 Å². The Bertz CT molecular complexity index is 1110. The molecule has 0 saturated carbocycles. The van der Waals surface area contributed by atoms with Crippen LogP contribution in [0.1, 0.15) is 37.0 Å². The molecule has 1 aliphatic heterocycles. The minimum atomic E-state index is -3.74. The predicted octanol–water partition coefficient (Wildman–Crippen LogP) is 4.65. The summed E-state index contributed by atoms with van der Waals surface area (Å²) in [5.41, 5.74) is 2.41. The van der Waals surface area contributed by atoms with E-state index in [4.69, 9.17) is 28.3 Å². The molecule has 0 bridgehead atoms. The molecule has 2 aromatic carbocycles. The van der Waals surface area contributed by atoms with Crippen LogP contribution in [0.4, 0.5) is 0 Å². The number of sulfonamides is 1. The SMILES string of the molecule is Cc1ccc(S(=O)(=O)N2C(C)CN(CCCc3ccc(Cl)c(Cl)c3)C[C@@H]2C)cc1CC(=O)O. The fourth-order valence-corrected chi connectivity index (χ4v) is 6.74. The summed E-state index contributed by atoms with van der Waals surface area (Å²) in [6.45, 7) is 7.77. The number of nitrogens with zero attached hydrogens (tertiary/aromatic N) is 2. The van der Waals surface area contributed by atoms with Gasteiger partial charge in [0.25, 0.3) is 0 Å². The first-order valence-corrected chi connectivity index (χ1v) is 13.2. The van der Waals surface area contributed by atoms with Gasteiger partial charge in [0.1, 0.15) is 0 Å². The lowest BCUT2D eigenvalue weighted by Crippen LogP contribution is -2.58. The first-order chi connectivity index (χ1) is 15.5. The quantitative estimate of drug-likeness (QED) is 0.556. The van der Waals surface area contributed by atoms with Gasteiger partial charge in [-0.2, -0.15) is 4.31 Å². The first kappa shape index (κ1) is 26.0. The van der Waals surface area contributed by atoms with Crippen molar-refractivity contribution >= 4 is 39.2 Å². The van der Waals surface area contributed by atoms with Gasteiger partial charge in [-0.05, 0) is 81.1 Å². The number of hydrogen-bond donors (Lipinski definition) is 1. The summed E-state index contributed by atoms with van der Waals surface area (Å²) >= 11 is 12.1. The van der Waals surface area contributed by atoms with Crippen LogP contribution in [0, 0.1) is 6.92 Å². The molecule has 3 rings (SSSR count). The smallest absolute Gasteiger partial charge is 0.307 e. The predicted molar refractivity (Wildman–Crippen MR) is 132 cm³/mol. The van der Waals surface area contributed by atoms with Gasteiger partial charge < -0.3 is 10.0 Å². The molecule has 2 aromatic rings. The van der Waals surface area contributed by atoms with Crippen molar-refractivity contribution in [1.82, 2.24) is 9.21 Å². The van der Waals surface area contributed by atoms with E-state index in [1.807, 2.05) is 26.0 Å². The molecule has 0 radical (unpaired) electrons. The lowest BCUT2D eigenvalue weighted by molar-refractivity contribution is -0.136. The molecule has 180 valence electrons. The van der Waals surface area contributed by atoms with E-state index in [0.29, 0.717) is 28.7 Å². The number of benzene rings is 2. The third-order valence-electron chi connectivity index (χ3n) is 6.08. The minimum absolute atomic E-state index is 0.149. The molecule has 1 fully saturated rings. The Morgan fingerprint density at radius 2 is 1.73 bits per heavy atom. The maximum atomic E-state index is 13.5. The molecule has 1 unspecified atom stereocenters. The number of rotatable bonds is 8. The molecule has 0 aliphatic carbocycles. The second-order valence-corrected chi connectivity index (χ2v) is 11.5. The molecule has 1 aliphatic rings. The second-order valence-electron chi connectivity index (χ2n) is 8.80. The van der Waals surface area contributed by atoms with Crippen LogP contribution >= 0.6 is 23.2 Å². The van der Waals surface area contributed by atoms with E-state index in [1.165, 1.54) is 6.07 Å². The molecule has 1 saturated heterocycles. The van der Waals surface area contributed by atoms with Crippen LogP contribution in [0.2, 0.25) is 10.0 Å². The van der Waals surface area contributed by atoms with Gasteiger partial charge in [0.2, 0.25) is 10.0 Å². The van der Waals surface area contributed by atoms with Crippen LogP contribution in [0.5, 0.6) is 0 Å². The number of hydrogen-bond acceptors (Lipinski definition) is 4. The first-order valence-electron chi connectivity index (χ1n) is 11.0. The maximum Gasteiger partial charge on any atom is 0.307 e. The van der Waals surface area contributed by atoms with E-state index in [2.05, 4.69) is 4.90 Å². The molecule has 1 heterocycles. The van der Waals surface area contributed by atoms with Crippen molar-refractivity contribution in [3.63, 3.8) is 0 Å². The van der Waals surface area contributed by atoms with Crippen molar-refractivity contribution < 1.29 is 18.3 Å². The van der Waals surface area contributed by atoms with Gasteiger partial charge in [-0.1, -0.05) is 35.3 Å². The minimum Gasteiger partial charge on any atom is -0.481 e. The second kappa shape index (κ2) is 10.7. The van der Waals surface area contributed by atoms with E-state index in [0.717, 1.165) is 30.5 Å². The third-order valence-corrected chi connectivity index (χ3v) is 8.94. The van der Waals surface area contributed by atoms with Crippen molar-refractivity contribution in [1.29, 1.82) is 0 Å². The Labute approximate surface area is 206 Å². The number of piperazine rings is 1. The summed E-state index contributed by atoms with van der Waals surface area (Å²) in [4.78, 5) is 13.6. The van der Waals surface area contributed by atoms with Crippen LogP contribution in [-0.4, -0.2) is 60.4 Å². The fourth-order valence-electron chi connectivity index (χ4n) is 4.56. The van der Waals surface area contributed by atoms with E-state index in [9.17, 15) is 13.2 Å². The standard InChI is InChI=1S/C24H30Cl2N2O4S/c1-16-6-8-21(12-20(16)13-24(29)30)33(31,32)28-17(2)14-27(15-18(28)3)10-4-5-19-7-9-22(25)23(26)11-19/h6-9,11-12,17-18H,4-5,10,13-15H2,1-3H3,(H,29,30)/t17-,18?/m0/s1. The zero-order valence-corrected chi connectivity index (χ0v) is 21.4. The van der Waals surface area contributed by atoms with E-state index < -0.39 is 16.0 Å². The van der Waals surface area contributed by atoms with Crippen LogP contribution in [-0.2, 0) is 27.7 Å². The Morgan fingerprint density at radius 3 is 2.33 bits per heavy atom. The normalized spacial score (nSPS) is 20.2. The number of aryl methyl sites for hydroxylation is 2. The monoisotopic (exact) mass is 512 g/mol. The molecule has 0 aromatic heterocycles. The fraction of sp³-hybridized carbons (Fsp3) is 0.458. The van der Waals surface area contributed by atoms with Crippen molar-refractivity contribution in [2.24, 2.45) is 0 Å². The Morgan fingerprint density at radius 1 is 1.06 bits per heavy atom. The average Bonchev–Trinajstić information content (AvgIpc) is 2.71. The van der Waals surface area contributed by atoms with Gasteiger partial charge >= 0.3 is 5.97 Å². The van der Waals surface area contributed by atoms with Crippen LogP contribution in [0.15, 0.2) is 41.3 Å². The third kappa shape index (κ3) is 6.28. The molecule has 0 spiro atoms. The van der Waals surface area contributed by atoms with Crippen LogP contribution < -0.4 is 0 Å². The molecule has 6 nitrogen and oxygen atoms in total. The van der Waals surface area contributed by atoms with Crippen molar-refractivity contribution in [2.75, 3.05) is 19.6 Å². The highest BCUT2D eigenvalue weighted by atomic mass is 35.5. The van der Waals surface area contributed by atoms with Gasteiger partial charge in [0, 0.05) is 25.2 Å². The van der Waals surface area contributed by atoms with E-state index >= 15 is 0 Å². The summed E-state index contributed by atoms with van der Waals surface area (Å²) in [7, 11) is -3.74. The average molecular weight is 513 g/mol. The van der Waals surface area contributed by atoms with Crippen LogP contribution in [0.25, 0.3) is 0 Å². The molecule has 1 N–H and O–H groups in total. The number of carbonyl (C=O) groups is 1. The number of carboxylic acid groups (broad SMARTS) is 1. The molecular weight excluding hydrogens is 483 g/mol. The van der Waals surface area contributed by atoms with Crippen molar-refractivity contribution in [2.45, 2.75) is 57.0 Å². The number of aliphatic carboxylic acids is 1. The van der Waals surface area contributed by atoms with E-state index in [-0.39, 0.29) is 23.4 Å². The topological polar surface area (TPSA) is 77.9 Å². The summed E-state index contributed by atoms with van der Waals surface area (Å²) in [5, 5.41) is 10.2. The molecule has 2 atom stereocenters. The lowest BCUT2D eigenvalue weighted by atomic mass is 10.1. The summed E-state index contributed by atoms with van der Waals surface area (Å²) in [6, 6.07) is 10.0. The lowest BCUT2D eigenvalue weighted by Gasteiger charge is -2.43. The van der Waals surface area contributed by atoms with Crippen molar-refractivity contribution in [3.05, 3.63) is 63.1 Å². The molecule has 33 heavy (non-hydrogen) atoms. The summed E-state index contributed by atoms with van der Waals surface area (Å²) < 4.78 is 28.5. The highest BCUT2D eigenvalue weighted by Gasteiger charge is 2.38. The van der Waals surface area contributed by atoms with Gasteiger partial charge in [0.15, 0.2) is 0 Å². The highest BCUT2D eigenvalue weighted by molar-refractivity contribution is 7.89. The number of carboxylic acids is 1. The Hall–Kier alpha value is -1.64. The van der Waals surface area contributed by atoms with Gasteiger partial charge in [-0.25, -0.2) is 8.42 Å².